The predicted molar refractivity (Wildman–Crippen MR) is 69.9 cm³/mol. The van der Waals surface area contributed by atoms with Crippen LogP contribution in [0.15, 0.2) is 36.7 Å². The van der Waals surface area contributed by atoms with Crippen LogP contribution in [0, 0.1) is 24.4 Å². The van der Waals surface area contributed by atoms with Gasteiger partial charge in [0.05, 0.1) is 17.4 Å². The Bertz CT molecular complexity index is 793. The summed E-state index contributed by atoms with van der Waals surface area (Å²) in [7, 11) is 0. The number of aryl methyl sites for hydroxylation is 1. The molecule has 0 atom stereocenters. The number of halogens is 3. The van der Waals surface area contributed by atoms with E-state index in [9.17, 15) is 13.2 Å². The van der Waals surface area contributed by atoms with Gasteiger partial charge in [-0.15, -0.1) is 0 Å². The Hall–Kier alpha value is -2.30. The van der Waals surface area contributed by atoms with Gasteiger partial charge in [0.25, 0.3) is 0 Å². The van der Waals surface area contributed by atoms with Gasteiger partial charge in [-0.3, -0.25) is 0 Å². The molecule has 5 heteroatoms. The minimum absolute atomic E-state index is 0.327. The van der Waals surface area contributed by atoms with Gasteiger partial charge in [0.1, 0.15) is 5.82 Å². The van der Waals surface area contributed by atoms with E-state index in [4.69, 9.17) is 0 Å². The molecule has 0 unspecified atom stereocenters. The fraction of sp³-hybridized carbons (Fsp3) is 0.133. The highest BCUT2D eigenvalue weighted by molar-refractivity contribution is 5.75. The van der Waals surface area contributed by atoms with Crippen molar-refractivity contribution in [3.63, 3.8) is 0 Å². The maximum absolute atomic E-state index is 13.3. The van der Waals surface area contributed by atoms with Crippen LogP contribution >= 0.6 is 0 Å². The Labute approximate surface area is 113 Å². The lowest BCUT2D eigenvalue weighted by atomic mass is 10.1. The molecule has 0 saturated carbocycles. The molecule has 0 radical (unpaired) electrons. The molecule has 2 nitrogen and oxygen atoms in total. The van der Waals surface area contributed by atoms with Crippen molar-refractivity contribution < 1.29 is 13.2 Å². The third kappa shape index (κ3) is 2.15. The highest BCUT2D eigenvalue weighted by Gasteiger charge is 2.10. The summed E-state index contributed by atoms with van der Waals surface area (Å²) in [5.74, 6) is -2.17. The van der Waals surface area contributed by atoms with E-state index in [1.165, 1.54) is 18.5 Å². The molecule has 1 aromatic heterocycles. The second-order valence-corrected chi connectivity index (χ2v) is 4.70. The Kier molecular flexibility index (Phi) is 2.97. The summed E-state index contributed by atoms with van der Waals surface area (Å²) in [4.78, 5) is 4.03. The number of fused-ring (bicyclic) bond motifs is 1. The largest absolute Gasteiger partial charge is 0.326 e. The second kappa shape index (κ2) is 4.67. The first-order valence-electron chi connectivity index (χ1n) is 6.09. The standard InChI is InChI=1S/C15H11F3N2/c1-9-2-3-11(16)4-10(9)7-20-8-19-14-5-12(17)13(18)6-15(14)20/h2-6,8H,7H2,1H3. The van der Waals surface area contributed by atoms with Gasteiger partial charge >= 0.3 is 0 Å². The van der Waals surface area contributed by atoms with E-state index in [1.54, 1.807) is 10.6 Å². The summed E-state index contributed by atoms with van der Waals surface area (Å²) in [6.45, 7) is 2.22. The maximum atomic E-state index is 13.3. The zero-order chi connectivity index (χ0) is 14.3. The van der Waals surface area contributed by atoms with Gasteiger partial charge in [0.2, 0.25) is 0 Å². The lowest BCUT2D eigenvalue weighted by molar-refractivity contribution is 0.510. The third-order valence-electron chi connectivity index (χ3n) is 3.31. The molecule has 0 aliphatic heterocycles. The van der Waals surface area contributed by atoms with Crippen molar-refractivity contribution in [3.8, 4) is 0 Å². The van der Waals surface area contributed by atoms with Crippen LogP contribution in [0.5, 0.6) is 0 Å². The Morgan fingerprint density at radius 2 is 1.80 bits per heavy atom. The Balaban J connectivity index is 2.07. The van der Waals surface area contributed by atoms with Gasteiger partial charge in [-0.2, -0.15) is 0 Å². The molecule has 0 N–H and O–H groups in total. The monoisotopic (exact) mass is 276 g/mol. The lowest BCUT2D eigenvalue weighted by Crippen LogP contribution is -2.01. The summed E-state index contributed by atoms with van der Waals surface area (Å²) in [5, 5.41) is 0. The fourth-order valence-corrected chi connectivity index (χ4v) is 2.17. The molecule has 20 heavy (non-hydrogen) atoms. The first-order chi connectivity index (χ1) is 9.54. The quantitative estimate of drug-likeness (QED) is 0.696. The average molecular weight is 276 g/mol. The van der Waals surface area contributed by atoms with Crippen LogP contribution in [0.3, 0.4) is 0 Å². The Morgan fingerprint density at radius 1 is 1.05 bits per heavy atom. The van der Waals surface area contributed by atoms with Crippen molar-refractivity contribution in [2.24, 2.45) is 0 Å². The molecule has 1 heterocycles. The molecule has 0 spiro atoms. The van der Waals surface area contributed by atoms with E-state index in [2.05, 4.69) is 4.98 Å². The van der Waals surface area contributed by atoms with Gasteiger partial charge in [-0.25, -0.2) is 18.2 Å². The summed E-state index contributed by atoms with van der Waals surface area (Å²) in [5.41, 5.74) is 2.55. The molecule has 2 aromatic carbocycles. The highest BCUT2D eigenvalue weighted by Crippen LogP contribution is 2.20. The van der Waals surface area contributed by atoms with Crippen LogP contribution in [0.25, 0.3) is 11.0 Å². The smallest absolute Gasteiger partial charge is 0.161 e. The molecular formula is C15H11F3N2. The SMILES string of the molecule is Cc1ccc(F)cc1Cn1cnc2cc(F)c(F)cc21. The van der Waals surface area contributed by atoms with E-state index >= 15 is 0 Å². The van der Waals surface area contributed by atoms with Crippen LogP contribution in [-0.4, -0.2) is 9.55 Å². The predicted octanol–water partition coefficient (Wildman–Crippen LogP) is 3.81. The van der Waals surface area contributed by atoms with Crippen LogP contribution in [0.2, 0.25) is 0 Å². The first-order valence-corrected chi connectivity index (χ1v) is 6.09. The van der Waals surface area contributed by atoms with Gasteiger partial charge < -0.3 is 4.57 Å². The zero-order valence-electron chi connectivity index (χ0n) is 10.7. The second-order valence-electron chi connectivity index (χ2n) is 4.70. The van der Waals surface area contributed by atoms with Crippen molar-refractivity contribution in [2.45, 2.75) is 13.5 Å². The van der Waals surface area contributed by atoms with Crippen LogP contribution < -0.4 is 0 Å². The minimum atomic E-state index is -0.926. The third-order valence-corrected chi connectivity index (χ3v) is 3.31. The first kappa shape index (κ1) is 12.7. The highest BCUT2D eigenvalue weighted by atomic mass is 19.2. The number of rotatable bonds is 2. The summed E-state index contributed by atoms with van der Waals surface area (Å²) in [6.07, 6.45) is 1.49. The molecule has 102 valence electrons. The van der Waals surface area contributed by atoms with E-state index in [0.717, 1.165) is 23.3 Å². The topological polar surface area (TPSA) is 17.8 Å². The summed E-state index contributed by atoms with van der Waals surface area (Å²) >= 11 is 0. The van der Waals surface area contributed by atoms with E-state index in [0.29, 0.717) is 17.6 Å². The zero-order valence-corrected chi connectivity index (χ0v) is 10.7. The number of imidazole rings is 1. The number of aromatic nitrogens is 2. The molecule has 0 amide bonds. The molecule has 0 aliphatic rings. The van der Waals surface area contributed by atoms with Crippen molar-refractivity contribution in [1.29, 1.82) is 0 Å². The molecule has 3 rings (SSSR count). The Morgan fingerprint density at radius 3 is 2.60 bits per heavy atom. The molecule has 0 bridgehead atoms. The van der Waals surface area contributed by atoms with Gasteiger partial charge in [0, 0.05) is 18.7 Å². The van der Waals surface area contributed by atoms with Gasteiger partial charge in [-0.1, -0.05) is 6.07 Å². The lowest BCUT2D eigenvalue weighted by Gasteiger charge is -2.08. The van der Waals surface area contributed by atoms with Crippen molar-refractivity contribution in [3.05, 3.63) is 65.2 Å². The number of hydrogen-bond donors (Lipinski definition) is 0. The normalized spacial score (nSPS) is 11.2. The molecule has 0 fully saturated rings. The van der Waals surface area contributed by atoms with Crippen molar-refractivity contribution in [2.75, 3.05) is 0 Å². The van der Waals surface area contributed by atoms with Crippen molar-refractivity contribution in [1.82, 2.24) is 9.55 Å². The maximum Gasteiger partial charge on any atom is 0.161 e. The summed E-state index contributed by atoms with van der Waals surface area (Å²) in [6, 6.07) is 6.66. The van der Waals surface area contributed by atoms with Crippen molar-refractivity contribution >= 4 is 11.0 Å². The van der Waals surface area contributed by atoms with Gasteiger partial charge in [0.15, 0.2) is 11.6 Å². The molecular weight excluding hydrogens is 265 g/mol. The molecule has 0 saturated heterocycles. The van der Waals surface area contributed by atoms with Crippen LogP contribution in [0.1, 0.15) is 11.1 Å². The van der Waals surface area contributed by atoms with E-state index in [1.807, 2.05) is 6.92 Å². The molecule has 3 aromatic rings. The van der Waals surface area contributed by atoms with E-state index in [-0.39, 0.29) is 5.82 Å². The number of hydrogen-bond acceptors (Lipinski definition) is 1. The number of benzene rings is 2. The molecule has 0 aliphatic carbocycles. The van der Waals surface area contributed by atoms with E-state index < -0.39 is 11.6 Å². The summed E-state index contributed by atoms with van der Waals surface area (Å²) < 4.78 is 41.4. The van der Waals surface area contributed by atoms with Crippen LogP contribution in [0.4, 0.5) is 13.2 Å². The van der Waals surface area contributed by atoms with Gasteiger partial charge in [-0.05, 0) is 30.2 Å². The minimum Gasteiger partial charge on any atom is -0.326 e. The fourth-order valence-electron chi connectivity index (χ4n) is 2.17. The average Bonchev–Trinajstić information content (AvgIpc) is 2.77. The number of nitrogens with zero attached hydrogens (tertiary/aromatic N) is 2. The van der Waals surface area contributed by atoms with Crippen LogP contribution in [-0.2, 0) is 6.54 Å².